The molecule has 0 radical (unpaired) electrons. The van der Waals surface area contributed by atoms with Gasteiger partial charge in [0.05, 0.1) is 12.2 Å². The molecule has 0 saturated carbocycles. The average molecular weight is 687 g/mol. The van der Waals surface area contributed by atoms with Crippen molar-refractivity contribution in [3.63, 3.8) is 0 Å². The van der Waals surface area contributed by atoms with Gasteiger partial charge in [0.15, 0.2) is 9.84 Å². The van der Waals surface area contributed by atoms with E-state index in [1.165, 1.54) is 25.2 Å². The molecule has 4 rings (SSSR count). The Labute approximate surface area is 281 Å². The lowest BCUT2D eigenvalue weighted by atomic mass is 9.90. The average Bonchev–Trinajstić information content (AvgIpc) is 3.46. The van der Waals surface area contributed by atoms with E-state index in [0.717, 1.165) is 30.1 Å². The molecule has 3 aromatic rings. The van der Waals surface area contributed by atoms with E-state index in [-0.39, 0.29) is 35.9 Å². The van der Waals surface area contributed by atoms with Crippen LogP contribution in [0.4, 0.5) is 19.3 Å². The van der Waals surface area contributed by atoms with Crippen LogP contribution in [0.15, 0.2) is 71.9 Å². The Balaban J connectivity index is 0.00000307. The number of nitrogens with one attached hydrogen (secondary N) is 3. The Morgan fingerprint density at radius 3 is 2.35 bits per heavy atom. The molecule has 2 amide bonds. The second-order valence-corrected chi connectivity index (χ2v) is 14.5. The molecule has 48 heavy (non-hydrogen) atoms. The summed E-state index contributed by atoms with van der Waals surface area (Å²) in [6, 6.07) is 14.3. The van der Waals surface area contributed by atoms with Crippen LogP contribution in [0.1, 0.15) is 68.7 Å². The second-order valence-electron chi connectivity index (χ2n) is 12.1. The molecule has 1 fully saturated rings. The van der Waals surface area contributed by atoms with Crippen LogP contribution in [0.3, 0.4) is 0 Å². The quantitative estimate of drug-likeness (QED) is 0.209. The molecule has 11 nitrogen and oxygen atoms in total. The van der Waals surface area contributed by atoms with E-state index in [4.69, 9.17) is 4.74 Å². The third-order valence-corrected chi connectivity index (χ3v) is 9.55. The number of guanidine groups is 1. The van der Waals surface area contributed by atoms with Crippen LogP contribution in [0.2, 0.25) is 0 Å². The lowest BCUT2D eigenvalue weighted by Crippen LogP contribution is -2.55. The van der Waals surface area contributed by atoms with Crippen LogP contribution in [0.5, 0.6) is 0 Å². The van der Waals surface area contributed by atoms with Crippen LogP contribution in [0.25, 0.3) is 0 Å². The molecule has 1 aromatic heterocycles. The predicted molar refractivity (Wildman–Crippen MR) is 182 cm³/mol. The van der Waals surface area contributed by atoms with Crippen molar-refractivity contribution in [1.82, 2.24) is 20.5 Å². The molecule has 260 valence electrons. The van der Waals surface area contributed by atoms with Gasteiger partial charge in [0.25, 0.3) is 5.91 Å². The summed E-state index contributed by atoms with van der Waals surface area (Å²) < 4.78 is 60.5. The fraction of sp³-hybridized carbons (Fsp3) is 0.412. The summed E-state index contributed by atoms with van der Waals surface area (Å²) in [5.41, 5.74) is 0.103. The van der Waals surface area contributed by atoms with Gasteiger partial charge in [-0.2, -0.15) is 0 Å². The minimum Gasteiger partial charge on any atom is -0.444 e. The van der Waals surface area contributed by atoms with Gasteiger partial charge in [-0.3, -0.25) is 20.0 Å². The SMILES string of the molecule is CC.CN=C(NC(=O)OC(C)(C)C)NC(c1cc(NC(=O)c2ccc(F)cn2)ccc1F)C1(S(C)(=O)=O)CCN(Cc2ccccc2)C1. The highest BCUT2D eigenvalue weighted by Crippen LogP contribution is 2.42. The van der Waals surface area contributed by atoms with E-state index in [1.807, 2.05) is 49.1 Å². The van der Waals surface area contributed by atoms with Crippen molar-refractivity contribution in [2.75, 3.05) is 31.7 Å². The van der Waals surface area contributed by atoms with Crippen LogP contribution < -0.4 is 16.0 Å². The summed E-state index contributed by atoms with van der Waals surface area (Å²) >= 11 is 0. The number of carbonyl (C=O) groups is 2. The zero-order valence-electron chi connectivity index (χ0n) is 28.3. The fourth-order valence-electron chi connectivity index (χ4n) is 5.35. The number of pyridine rings is 1. The number of halogens is 2. The number of carbonyl (C=O) groups excluding carboxylic acids is 2. The highest BCUT2D eigenvalue weighted by Gasteiger charge is 2.54. The summed E-state index contributed by atoms with van der Waals surface area (Å²) in [6.45, 7) is 9.91. The second kappa shape index (κ2) is 16.1. The molecule has 2 heterocycles. The van der Waals surface area contributed by atoms with Gasteiger partial charge >= 0.3 is 6.09 Å². The zero-order chi connectivity index (χ0) is 35.7. The third-order valence-electron chi connectivity index (χ3n) is 7.50. The Kier molecular flexibility index (Phi) is 12.8. The van der Waals surface area contributed by atoms with Gasteiger partial charge < -0.3 is 15.4 Å². The highest BCUT2D eigenvalue weighted by molar-refractivity contribution is 7.92. The molecule has 2 aromatic carbocycles. The van der Waals surface area contributed by atoms with E-state index in [9.17, 15) is 22.4 Å². The number of anilines is 1. The van der Waals surface area contributed by atoms with Crippen molar-refractivity contribution >= 4 is 33.5 Å². The predicted octanol–water partition coefficient (Wildman–Crippen LogP) is 5.47. The van der Waals surface area contributed by atoms with Crippen molar-refractivity contribution in [3.8, 4) is 0 Å². The number of likely N-dealkylation sites (tertiary alicyclic amines) is 1. The molecule has 0 aliphatic carbocycles. The van der Waals surface area contributed by atoms with Crippen LogP contribution in [-0.4, -0.2) is 73.0 Å². The maximum Gasteiger partial charge on any atom is 0.414 e. The van der Waals surface area contributed by atoms with E-state index in [0.29, 0.717) is 13.1 Å². The summed E-state index contributed by atoms with van der Waals surface area (Å²) in [5, 5.41) is 8.10. The Bertz CT molecular complexity index is 1700. The maximum absolute atomic E-state index is 15.9. The summed E-state index contributed by atoms with van der Waals surface area (Å²) in [7, 11) is -2.57. The van der Waals surface area contributed by atoms with Crippen LogP contribution >= 0.6 is 0 Å². The van der Waals surface area contributed by atoms with Crippen molar-refractivity contribution in [3.05, 3.63) is 95.3 Å². The minimum absolute atomic E-state index is 0.0252. The third kappa shape index (κ3) is 9.80. The first-order valence-electron chi connectivity index (χ1n) is 15.5. The molecule has 2 atom stereocenters. The lowest BCUT2D eigenvalue weighted by Gasteiger charge is -2.38. The normalized spacial score (nSPS) is 17.5. The molecule has 2 unspecified atom stereocenters. The van der Waals surface area contributed by atoms with Gasteiger partial charge in [0.2, 0.25) is 5.96 Å². The molecule has 14 heteroatoms. The first kappa shape index (κ1) is 38.0. The number of aliphatic imine (C=N–C) groups is 1. The molecule has 1 saturated heterocycles. The van der Waals surface area contributed by atoms with Crippen LogP contribution in [-0.2, 0) is 21.1 Å². The standard InChI is InChI=1S/C32H38F2N6O5S.C2H6/c1-31(2,3)45-30(42)39-29(35-4)38-27(32(46(5,43)44)15-16-40(20-32)19-21-9-7-6-8-10-21)24-17-23(12-13-25(24)34)37-28(41)26-14-11-22(33)18-36-26;1-2/h6-14,17-18,27H,15-16,19-20H2,1-5H3,(H,37,41)(H2,35,38,39,42);1-2H3. The molecule has 3 N–H and O–H groups in total. The topological polar surface area (TPSA) is 142 Å². The molecule has 0 spiro atoms. The van der Waals surface area contributed by atoms with Gasteiger partial charge in [-0.15, -0.1) is 0 Å². The number of nitrogens with zero attached hydrogens (tertiary/aromatic N) is 3. The molecule has 1 aliphatic rings. The smallest absolute Gasteiger partial charge is 0.414 e. The largest absolute Gasteiger partial charge is 0.444 e. The molecular formula is C34H44F2N6O5S. The first-order chi connectivity index (χ1) is 22.6. The highest BCUT2D eigenvalue weighted by atomic mass is 32.2. The zero-order valence-corrected chi connectivity index (χ0v) is 29.1. The first-order valence-corrected chi connectivity index (χ1v) is 17.4. The van der Waals surface area contributed by atoms with Crippen molar-refractivity contribution in [1.29, 1.82) is 0 Å². The summed E-state index contributed by atoms with van der Waals surface area (Å²) in [6.07, 6.45) is 1.26. The number of aromatic nitrogens is 1. The van der Waals surface area contributed by atoms with E-state index >= 15 is 4.39 Å². The number of benzene rings is 2. The van der Waals surface area contributed by atoms with Gasteiger partial charge in [-0.1, -0.05) is 44.2 Å². The minimum atomic E-state index is -3.95. The number of rotatable bonds is 8. The Hall–Kier alpha value is -4.43. The number of sulfone groups is 1. The summed E-state index contributed by atoms with van der Waals surface area (Å²) in [5.74, 6) is -2.20. The fourth-order valence-corrected chi connectivity index (χ4v) is 6.84. The van der Waals surface area contributed by atoms with Gasteiger partial charge in [-0.25, -0.2) is 27.0 Å². The summed E-state index contributed by atoms with van der Waals surface area (Å²) in [4.78, 5) is 35.4. The Morgan fingerprint density at radius 2 is 1.77 bits per heavy atom. The number of amides is 2. The van der Waals surface area contributed by atoms with E-state index in [2.05, 4.69) is 25.9 Å². The van der Waals surface area contributed by atoms with Crippen molar-refractivity contribution < 1.29 is 31.5 Å². The van der Waals surface area contributed by atoms with Gasteiger partial charge in [-0.05, 0) is 63.1 Å². The number of alkyl carbamates (subject to hydrolysis) is 1. The molecular weight excluding hydrogens is 642 g/mol. The number of ether oxygens (including phenoxy) is 1. The van der Waals surface area contributed by atoms with E-state index < -0.39 is 49.9 Å². The van der Waals surface area contributed by atoms with Gasteiger partial charge in [0, 0.05) is 44.2 Å². The van der Waals surface area contributed by atoms with Crippen molar-refractivity contribution in [2.45, 2.75) is 64.0 Å². The Morgan fingerprint density at radius 1 is 1.08 bits per heavy atom. The molecule has 1 aliphatic heterocycles. The van der Waals surface area contributed by atoms with Crippen molar-refractivity contribution in [2.24, 2.45) is 4.99 Å². The van der Waals surface area contributed by atoms with Gasteiger partial charge in [0.1, 0.15) is 27.7 Å². The molecule has 0 bridgehead atoms. The monoisotopic (exact) mass is 686 g/mol. The number of hydrogen-bond acceptors (Lipinski definition) is 8. The van der Waals surface area contributed by atoms with Crippen LogP contribution in [0, 0.1) is 11.6 Å². The maximum atomic E-state index is 15.9. The van der Waals surface area contributed by atoms with E-state index in [1.54, 1.807) is 20.8 Å². The lowest BCUT2D eigenvalue weighted by molar-refractivity contribution is 0.0560. The number of hydrogen-bond donors (Lipinski definition) is 3.